The first-order valence-corrected chi connectivity index (χ1v) is 17.1. The summed E-state index contributed by atoms with van der Waals surface area (Å²) >= 11 is 0. The van der Waals surface area contributed by atoms with E-state index in [-0.39, 0.29) is 0 Å². The maximum atomic E-state index is 12.7. The van der Waals surface area contributed by atoms with E-state index in [0.717, 1.165) is 73.6 Å². The van der Waals surface area contributed by atoms with E-state index in [4.69, 9.17) is 25.2 Å². The highest BCUT2D eigenvalue weighted by atomic mass is 16.6. The minimum absolute atomic E-state index is 0.392. The Morgan fingerprint density at radius 1 is 1.06 bits per heavy atom. The first kappa shape index (κ1) is 32.6. The van der Waals surface area contributed by atoms with Crippen molar-refractivity contribution in [3.63, 3.8) is 0 Å². The number of rotatable bonds is 8. The standard InChI is InChI=1S/C39H45N7O3/c1-38(2,3)49-37(47)44-39(17-7-18-39)30-11-13-31(14-12-30)45(4)36-34(42-21-27-9-6-19-41-35(27)40)16-15-33(43-36)26-8-5-10-32(20-26)46-22-28-24-48-25-29(28)23-46/h5-6,8-16,19-21,28-29H,7,17-18,22-25H2,1-4H3,(H2,40,41)(H,44,47). The average molecular weight is 660 g/mol. The van der Waals surface area contributed by atoms with Crippen molar-refractivity contribution in [3.05, 3.63) is 90.1 Å². The summed E-state index contributed by atoms with van der Waals surface area (Å²) in [5.41, 5.74) is 11.7. The zero-order chi connectivity index (χ0) is 34.2. The van der Waals surface area contributed by atoms with Crippen molar-refractivity contribution >= 4 is 41.0 Å². The Bertz CT molecular complexity index is 1840. The third kappa shape index (κ3) is 6.96. The molecule has 7 rings (SSSR count). The number of carbonyl (C=O) groups is 1. The number of nitrogen functional groups attached to an aromatic ring is 1. The van der Waals surface area contributed by atoms with Gasteiger partial charge in [-0.3, -0.25) is 4.99 Å². The summed E-state index contributed by atoms with van der Waals surface area (Å²) in [5.74, 6) is 2.33. The Morgan fingerprint density at radius 3 is 2.49 bits per heavy atom. The quantitative estimate of drug-likeness (QED) is 0.190. The molecule has 2 aromatic carbocycles. The van der Waals surface area contributed by atoms with E-state index in [0.29, 0.717) is 29.2 Å². The molecule has 2 aromatic heterocycles. The lowest BCUT2D eigenvalue weighted by Gasteiger charge is -2.43. The molecule has 254 valence electrons. The van der Waals surface area contributed by atoms with Gasteiger partial charge in [0.15, 0.2) is 5.82 Å². The van der Waals surface area contributed by atoms with Crippen molar-refractivity contribution in [2.24, 2.45) is 16.8 Å². The fraction of sp³-hybridized carbons (Fsp3) is 0.385. The molecule has 0 bridgehead atoms. The molecule has 0 radical (unpaired) electrons. The molecule has 2 aliphatic heterocycles. The zero-order valence-electron chi connectivity index (χ0n) is 28.7. The van der Waals surface area contributed by atoms with Crippen LogP contribution in [-0.4, -0.2) is 61.2 Å². The lowest BCUT2D eigenvalue weighted by molar-refractivity contribution is 0.0377. The van der Waals surface area contributed by atoms with Gasteiger partial charge in [-0.25, -0.2) is 14.8 Å². The van der Waals surface area contributed by atoms with Crippen LogP contribution in [0.25, 0.3) is 11.3 Å². The van der Waals surface area contributed by atoms with Gasteiger partial charge >= 0.3 is 6.09 Å². The van der Waals surface area contributed by atoms with E-state index < -0.39 is 17.2 Å². The highest BCUT2D eigenvalue weighted by Gasteiger charge is 2.41. The number of nitrogens with one attached hydrogen (secondary N) is 1. The Balaban J connectivity index is 1.19. The Morgan fingerprint density at radius 2 is 1.82 bits per heavy atom. The van der Waals surface area contributed by atoms with Crippen molar-refractivity contribution < 1.29 is 14.3 Å². The molecule has 1 amide bonds. The molecule has 2 saturated heterocycles. The number of alkyl carbamates (subject to hydrolysis) is 1. The third-order valence-electron chi connectivity index (χ3n) is 9.89. The van der Waals surface area contributed by atoms with Crippen LogP contribution in [0.4, 0.5) is 33.5 Å². The average Bonchev–Trinajstić information content (AvgIpc) is 3.68. The highest BCUT2D eigenvalue weighted by molar-refractivity contribution is 5.89. The second-order valence-corrected chi connectivity index (χ2v) is 14.5. The third-order valence-corrected chi connectivity index (χ3v) is 9.89. The smallest absolute Gasteiger partial charge is 0.408 e. The molecule has 1 aliphatic carbocycles. The predicted molar refractivity (Wildman–Crippen MR) is 195 cm³/mol. The summed E-state index contributed by atoms with van der Waals surface area (Å²) in [6, 6.07) is 24.7. The van der Waals surface area contributed by atoms with Crippen molar-refractivity contribution in [2.75, 3.05) is 48.9 Å². The Hall–Kier alpha value is -4.96. The van der Waals surface area contributed by atoms with Crippen LogP contribution in [0.5, 0.6) is 0 Å². The molecule has 4 aromatic rings. The number of amides is 1. The fourth-order valence-electron chi connectivity index (χ4n) is 7.03. The van der Waals surface area contributed by atoms with Crippen molar-refractivity contribution in [3.8, 4) is 11.3 Å². The second kappa shape index (κ2) is 13.2. The van der Waals surface area contributed by atoms with Crippen molar-refractivity contribution in [2.45, 2.75) is 51.2 Å². The largest absolute Gasteiger partial charge is 0.444 e. The van der Waals surface area contributed by atoms with Gasteiger partial charge in [0.25, 0.3) is 0 Å². The number of aliphatic imine (C=N–C) groups is 1. The van der Waals surface area contributed by atoms with Gasteiger partial charge in [0, 0.05) is 66.9 Å². The number of hydrogen-bond donors (Lipinski definition) is 2. The van der Waals surface area contributed by atoms with E-state index in [1.165, 1.54) is 5.69 Å². The molecule has 3 fully saturated rings. The van der Waals surface area contributed by atoms with E-state index in [2.05, 4.69) is 63.7 Å². The molecule has 1 saturated carbocycles. The van der Waals surface area contributed by atoms with Gasteiger partial charge in [0.05, 0.1) is 24.4 Å². The van der Waals surface area contributed by atoms with Crippen molar-refractivity contribution in [1.82, 2.24) is 15.3 Å². The zero-order valence-corrected chi connectivity index (χ0v) is 28.7. The fourth-order valence-corrected chi connectivity index (χ4v) is 7.03. The molecule has 2 unspecified atom stereocenters. The normalized spacial score (nSPS) is 19.8. The van der Waals surface area contributed by atoms with Crippen LogP contribution in [0.15, 0.2) is 84.0 Å². The number of benzene rings is 2. The summed E-state index contributed by atoms with van der Waals surface area (Å²) < 4.78 is 11.3. The van der Waals surface area contributed by atoms with Gasteiger partial charge in [-0.15, -0.1) is 0 Å². The lowest BCUT2D eigenvalue weighted by Crippen LogP contribution is -2.52. The topological polar surface area (TPSA) is 118 Å². The molecule has 2 atom stereocenters. The number of nitrogens with zero attached hydrogens (tertiary/aromatic N) is 5. The van der Waals surface area contributed by atoms with Gasteiger partial charge in [0.2, 0.25) is 0 Å². The van der Waals surface area contributed by atoms with Crippen LogP contribution in [0.2, 0.25) is 0 Å². The lowest BCUT2D eigenvalue weighted by atomic mass is 9.72. The summed E-state index contributed by atoms with van der Waals surface area (Å²) in [7, 11) is 2.00. The molecule has 10 nitrogen and oxygen atoms in total. The second-order valence-electron chi connectivity index (χ2n) is 14.5. The van der Waals surface area contributed by atoms with Crippen LogP contribution >= 0.6 is 0 Å². The van der Waals surface area contributed by atoms with Crippen LogP contribution in [-0.2, 0) is 15.0 Å². The number of carbonyl (C=O) groups excluding carboxylic acids is 1. The van der Waals surface area contributed by atoms with Gasteiger partial charge < -0.3 is 30.3 Å². The Labute approximate surface area is 288 Å². The molecule has 10 heteroatoms. The maximum Gasteiger partial charge on any atom is 0.408 e. The molecular formula is C39H45N7O3. The molecule has 49 heavy (non-hydrogen) atoms. The highest BCUT2D eigenvalue weighted by Crippen LogP contribution is 2.43. The monoisotopic (exact) mass is 659 g/mol. The molecule has 0 spiro atoms. The van der Waals surface area contributed by atoms with Gasteiger partial charge in [-0.2, -0.15) is 0 Å². The number of hydrogen-bond acceptors (Lipinski definition) is 9. The number of pyridine rings is 2. The van der Waals surface area contributed by atoms with Crippen LogP contribution in [0, 0.1) is 11.8 Å². The van der Waals surface area contributed by atoms with E-state index >= 15 is 0 Å². The number of fused-ring (bicyclic) bond motifs is 1. The first-order valence-electron chi connectivity index (χ1n) is 17.1. The molecule has 3 N–H and O–H groups in total. The van der Waals surface area contributed by atoms with Gasteiger partial charge in [0.1, 0.15) is 17.1 Å². The van der Waals surface area contributed by atoms with E-state index in [9.17, 15) is 4.79 Å². The molecular weight excluding hydrogens is 614 g/mol. The summed E-state index contributed by atoms with van der Waals surface area (Å²) in [6.45, 7) is 9.38. The van der Waals surface area contributed by atoms with E-state index in [1.807, 2.05) is 57.0 Å². The summed E-state index contributed by atoms with van der Waals surface area (Å²) in [5, 5.41) is 3.16. The summed E-state index contributed by atoms with van der Waals surface area (Å²) in [6.07, 6.45) is 5.79. The minimum Gasteiger partial charge on any atom is -0.444 e. The first-order chi connectivity index (χ1) is 23.6. The number of aromatic nitrogens is 2. The Kier molecular flexibility index (Phi) is 8.75. The molecule has 4 heterocycles. The van der Waals surface area contributed by atoms with Crippen LogP contribution in [0.1, 0.15) is 51.2 Å². The van der Waals surface area contributed by atoms with E-state index in [1.54, 1.807) is 12.4 Å². The van der Waals surface area contributed by atoms with Crippen LogP contribution < -0.4 is 20.9 Å². The maximum absolute atomic E-state index is 12.7. The van der Waals surface area contributed by atoms with Crippen molar-refractivity contribution in [1.29, 1.82) is 0 Å². The SMILES string of the molecule is CN(c1ccc(C2(NC(=O)OC(C)(C)C)CCC2)cc1)c1nc(-c2cccc(N3CC4COCC4C3)c2)ccc1N=Cc1cccnc1N. The minimum atomic E-state index is -0.559. The van der Waals surface area contributed by atoms with Gasteiger partial charge in [-0.05, 0) is 94.1 Å². The summed E-state index contributed by atoms with van der Waals surface area (Å²) in [4.78, 5) is 31.5. The number of nitrogens with two attached hydrogens (primary N) is 1. The van der Waals surface area contributed by atoms with Crippen LogP contribution in [0.3, 0.4) is 0 Å². The molecule has 3 aliphatic rings. The number of anilines is 4. The van der Waals surface area contributed by atoms with Gasteiger partial charge in [-0.1, -0.05) is 24.3 Å². The number of ether oxygens (including phenoxy) is 2. The predicted octanol–water partition coefficient (Wildman–Crippen LogP) is 7.23.